The molecule has 0 atom stereocenters. The molecule has 85 heavy (non-hydrogen) atoms. The van der Waals surface area contributed by atoms with Gasteiger partial charge in [0.05, 0.1) is 70.9 Å². The van der Waals surface area contributed by atoms with Gasteiger partial charge in [-0.05, 0) is 61.5 Å². The molecule has 22 nitrogen and oxygen atoms in total. The quantitative estimate of drug-likeness (QED) is 0.0602. The zero-order chi connectivity index (χ0) is 58.4. The Kier molecular flexibility index (Phi) is 16.8. The van der Waals surface area contributed by atoms with Gasteiger partial charge in [-0.1, -0.05) is 79.7 Å². The number of piperazine rings is 2. The number of amides is 4. The second-order valence-corrected chi connectivity index (χ2v) is 19.7. The van der Waals surface area contributed by atoms with E-state index in [4.69, 9.17) is 19.3 Å². The number of nitrogens with zero attached hydrogens (tertiary/aromatic N) is 10. The summed E-state index contributed by atoms with van der Waals surface area (Å²) in [6.45, 7) is 4.74. The zero-order valence-electron chi connectivity index (χ0n) is 45.8. The van der Waals surface area contributed by atoms with Crippen LogP contribution in [0.25, 0.3) is 56.0 Å². The second-order valence-electron chi connectivity index (χ2n) is 19.7. The normalized spacial score (nSPS) is 13.1. The molecule has 0 spiro atoms. The van der Waals surface area contributed by atoms with Gasteiger partial charge in [-0.2, -0.15) is 10.2 Å². The highest BCUT2D eigenvalue weighted by molar-refractivity contribution is 6.46. The second kappa shape index (κ2) is 25.0. The molecule has 0 unspecified atom stereocenters. The van der Waals surface area contributed by atoms with Crippen LogP contribution in [0.15, 0.2) is 159 Å². The third-order valence-electron chi connectivity index (χ3n) is 14.6. The molecule has 0 aliphatic carbocycles. The Labute approximate surface area is 487 Å². The first-order chi connectivity index (χ1) is 40.9. The van der Waals surface area contributed by atoms with Crippen molar-refractivity contribution in [1.82, 2.24) is 59.1 Å². The van der Waals surface area contributed by atoms with Crippen LogP contribution in [0.4, 0.5) is 0 Å². The Morgan fingerprint density at radius 2 is 0.941 bits per heavy atom. The lowest BCUT2D eigenvalue weighted by molar-refractivity contribution is -0.128. The number of methoxy groups -OCH3 is 2. The molecule has 2 aliphatic rings. The average molecular weight is 1140 g/mol. The molecule has 2 aliphatic heterocycles. The molecule has 2 saturated heterocycles. The predicted octanol–water partition coefficient (Wildman–Crippen LogP) is 7.66. The Morgan fingerprint density at radius 1 is 0.518 bits per heavy atom. The number of hydrogen-bond acceptors (Lipinski definition) is 14. The molecular formula is C63H58N12O10. The molecule has 0 radical (unpaired) electrons. The number of rotatable bonds is 14. The van der Waals surface area contributed by atoms with Crippen LogP contribution in [0, 0.1) is 6.92 Å². The van der Waals surface area contributed by atoms with Crippen LogP contribution in [0.5, 0.6) is 17.2 Å². The molecule has 0 saturated carbocycles. The van der Waals surface area contributed by atoms with Gasteiger partial charge in [-0.25, -0.2) is 19.3 Å². The van der Waals surface area contributed by atoms with Crippen LogP contribution >= 0.6 is 0 Å². The molecule has 0 bridgehead atoms. The van der Waals surface area contributed by atoms with Crippen LogP contribution in [-0.2, 0) is 14.4 Å². The molecule has 8 heterocycles. The van der Waals surface area contributed by atoms with Gasteiger partial charge in [-0.15, -0.1) is 0 Å². The minimum absolute atomic E-state index is 0. The van der Waals surface area contributed by atoms with Crippen molar-refractivity contribution in [3.8, 4) is 51.4 Å². The number of carbonyl (C=O) groups excluding carboxylic acids is 7. The van der Waals surface area contributed by atoms with Crippen LogP contribution in [-0.4, -0.2) is 167 Å². The SMILES string of the molecule is C.COc1cnc(-n2ccc(-c3cccc(C)c3)n2)c2[nH]cc(C(=O)C(=O)N3CCN(C(=O)c4ccccc4)CC3)c12.COc1cnc(-n2ccc(-c3cccc(OC=O)c3)n2)c2[nH]cc(C(=O)C(=O)N3CCN(C(=O)c4ccccc4)CC3)c12. The number of aryl methyl sites for hydroxylation is 1. The molecule has 4 amide bonds. The number of H-pyrrole nitrogens is 2. The third kappa shape index (κ3) is 11.6. The number of aromatic amines is 2. The van der Waals surface area contributed by atoms with Gasteiger partial charge in [0.25, 0.3) is 41.7 Å². The number of Topliss-reactive ketones (excluding diaryl/α,β-unsaturated/α-hetero) is 2. The van der Waals surface area contributed by atoms with Crippen molar-refractivity contribution < 1.29 is 47.8 Å². The minimum Gasteiger partial charge on any atom is -0.494 e. The topological polar surface area (TPSA) is 253 Å². The Morgan fingerprint density at radius 3 is 1.36 bits per heavy atom. The van der Waals surface area contributed by atoms with Crippen molar-refractivity contribution in [3.05, 3.63) is 186 Å². The molecule has 430 valence electrons. The molecule has 2 N–H and O–H groups in total. The lowest BCUT2D eigenvalue weighted by atomic mass is 10.1. The lowest BCUT2D eigenvalue weighted by Crippen LogP contribution is -2.52. The van der Waals surface area contributed by atoms with E-state index in [0.29, 0.717) is 100 Å². The van der Waals surface area contributed by atoms with E-state index in [2.05, 4.69) is 31.1 Å². The molecule has 10 aromatic rings. The average Bonchev–Trinajstić information content (AvgIpc) is 2.55. The van der Waals surface area contributed by atoms with Crippen molar-refractivity contribution in [2.45, 2.75) is 14.4 Å². The highest BCUT2D eigenvalue weighted by Gasteiger charge is 2.34. The van der Waals surface area contributed by atoms with Gasteiger partial charge in [0.1, 0.15) is 17.2 Å². The van der Waals surface area contributed by atoms with Crippen molar-refractivity contribution in [2.75, 3.05) is 66.6 Å². The summed E-state index contributed by atoms with van der Waals surface area (Å²) in [5, 5.41) is 10.2. The van der Waals surface area contributed by atoms with Crippen molar-refractivity contribution in [3.63, 3.8) is 0 Å². The number of ether oxygens (including phenoxy) is 3. The Bertz CT molecular complexity index is 4140. The first-order valence-corrected chi connectivity index (χ1v) is 26.8. The summed E-state index contributed by atoms with van der Waals surface area (Å²) in [6, 6.07) is 36.6. The van der Waals surface area contributed by atoms with Crippen molar-refractivity contribution in [1.29, 1.82) is 0 Å². The van der Waals surface area contributed by atoms with Gasteiger partial charge in [0.15, 0.2) is 11.6 Å². The molecule has 2 fully saturated rings. The number of ketones is 2. The highest BCUT2D eigenvalue weighted by Crippen LogP contribution is 2.35. The van der Waals surface area contributed by atoms with E-state index in [1.807, 2.05) is 61.5 Å². The maximum Gasteiger partial charge on any atom is 0.298 e. The fourth-order valence-electron chi connectivity index (χ4n) is 10.3. The number of aromatic nitrogens is 8. The fourth-order valence-corrected chi connectivity index (χ4v) is 10.3. The summed E-state index contributed by atoms with van der Waals surface area (Å²) in [5.41, 5.74) is 6.72. The monoisotopic (exact) mass is 1140 g/mol. The number of carbonyl (C=O) groups is 7. The molecule has 4 aromatic carbocycles. The van der Waals surface area contributed by atoms with Crippen LogP contribution in [0.2, 0.25) is 0 Å². The van der Waals surface area contributed by atoms with Crippen molar-refractivity contribution in [2.24, 2.45) is 0 Å². The van der Waals surface area contributed by atoms with E-state index in [-0.39, 0.29) is 56.5 Å². The summed E-state index contributed by atoms with van der Waals surface area (Å²) < 4.78 is 19.2. The summed E-state index contributed by atoms with van der Waals surface area (Å²) >= 11 is 0. The van der Waals surface area contributed by atoms with E-state index in [1.165, 1.54) is 48.8 Å². The fraction of sp³-hybridized carbons (Fsp3) is 0.190. The van der Waals surface area contributed by atoms with Crippen LogP contribution < -0.4 is 14.2 Å². The Balaban J connectivity index is 0.000000187. The van der Waals surface area contributed by atoms with Crippen LogP contribution in [0.3, 0.4) is 0 Å². The Hall–Kier alpha value is -11.0. The zero-order valence-corrected chi connectivity index (χ0v) is 45.8. The highest BCUT2D eigenvalue weighted by atomic mass is 16.5. The molecular weight excluding hydrogens is 1080 g/mol. The van der Waals surface area contributed by atoms with Crippen LogP contribution in [0.1, 0.15) is 54.4 Å². The summed E-state index contributed by atoms with van der Waals surface area (Å²) in [7, 11) is 2.95. The van der Waals surface area contributed by atoms with Gasteiger partial charge in [-0.3, -0.25) is 33.6 Å². The van der Waals surface area contributed by atoms with Gasteiger partial charge in [0.2, 0.25) is 0 Å². The van der Waals surface area contributed by atoms with Crippen molar-refractivity contribution >= 4 is 63.5 Å². The predicted molar refractivity (Wildman–Crippen MR) is 315 cm³/mol. The number of benzene rings is 4. The number of hydrogen-bond donors (Lipinski definition) is 2. The first-order valence-electron chi connectivity index (χ1n) is 26.8. The molecule has 22 heteroatoms. The molecule has 12 rings (SSSR count). The van der Waals surface area contributed by atoms with E-state index >= 15 is 0 Å². The smallest absolute Gasteiger partial charge is 0.298 e. The summed E-state index contributed by atoms with van der Waals surface area (Å²) in [6.07, 6.45) is 9.49. The van der Waals surface area contributed by atoms with Gasteiger partial charge in [0, 0.05) is 99.4 Å². The maximum atomic E-state index is 13.5. The van der Waals surface area contributed by atoms with E-state index < -0.39 is 23.4 Å². The lowest BCUT2D eigenvalue weighted by Gasteiger charge is -2.34. The number of fused-ring (bicyclic) bond motifs is 2. The first kappa shape index (κ1) is 57.2. The van der Waals surface area contributed by atoms with E-state index in [0.717, 1.165) is 22.4 Å². The maximum absolute atomic E-state index is 13.5. The van der Waals surface area contributed by atoms with E-state index in [1.54, 1.807) is 92.2 Å². The van der Waals surface area contributed by atoms with E-state index in [9.17, 15) is 33.6 Å². The largest absolute Gasteiger partial charge is 0.494 e. The number of nitrogens with one attached hydrogen (secondary N) is 2. The van der Waals surface area contributed by atoms with Gasteiger partial charge < -0.3 is 43.8 Å². The minimum atomic E-state index is -0.697. The summed E-state index contributed by atoms with van der Waals surface area (Å²) in [5.74, 6) is -0.904. The standard InChI is InChI=1S/C31H26N6O6.C31H28N6O4.CH4/c1-42-25-18-33-29(37-11-10-24(34-37)21-8-5-9-22(16-21)43-19-38)27-26(25)23(17-32-27)28(39)31(41)36-14-12-35(13-15-36)30(40)20-6-3-2-4-7-20;1-20-7-6-10-22(17-20)24-11-12-37(34-24)29-27-26(25(41-2)19-33-29)23(18-32-27)28(38)31(40)36-15-13-35(14-16-36)30(39)21-8-4-3-5-9-21;/h2-11,16-19,32H,12-15H2,1H3;3-12,17-19,32H,13-16H2,1-2H3;1H4. The molecule has 6 aromatic heterocycles. The van der Waals surface area contributed by atoms with Gasteiger partial charge >= 0.3 is 0 Å². The summed E-state index contributed by atoms with van der Waals surface area (Å²) in [4.78, 5) is 112. The third-order valence-corrected chi connectivity index (χ3v) is 14.6. The number of pyridine rings is 2.